The summed E-state index contributed by atoms with van der Waals surface area (Å²) in [6, 6.07) is 16.5. The number of aromatic amines is 1. The van der Waals surface area contributed by atoms with Crippen LogP contribution in [0.1, 0.15) is 36.5 Å². The third-order valence-electron chi connectivity index (χ3n) is 5.82. The van der Waals surface area contributed by atoms with E-state index in [2.05, 4.69) is 57.3 Å². The molecule has 8 nitrogen and oxygen atoms in total. The number of ether oxygens (including phenoxy) is 1. The standard InChI is InChI=1S/C28H37N5O3/c1-2-15-31-32-28(35)12-11-22-7-9-23(10-8-22)21-33(17-19-36-18-14-27(29)34)16-13-24-20-30-26-6-4-3-5-25(24)26/h3-12,20,30-31H,2,13-19,21H2,1H3,(H2,29,34)(H,32,35)/b12-11+. The Labute approximate surface area is 212 Å². The van der Waals surface area contributed by atoms with Crippen LogP contribution in [-0.2, 0) is 27.3 Å². The van der Waals surface area contributed by atoms with Gasteiger partial charge in [0.15, 0.2) is 0 Å². The van der Waals surface area contributed by atoms with Crippen LogP contribution in [0.3, 0.4) is 0 Å². The lowest BCUT2D eigenvalue weighted by molar-refractivity contribution is -0.119. The minimum absolute atomic E-state index is 0.174. The first-order chi connectivity index (χ1) is 17.5. The second-order valence-corrected chi connectivity index (χ2v) is 8.71. The molecule has 1 aromatic heterocycles. The SMILES string of the molecule is CCCNNC(=O)/C=C/c1ccc(CN(CCOCCC(N)=O)CCc2c[nH]c3ccccc23)cc1. The third-order valence-corrected chi connectivity index (χ3v) is 5.82. The molecular weight excluding hydrogens is 454 g/mol. The number of carbonyl (C=O) groups excluding carboxylic acids is 2. The van der Waals surface area contributed by atoms with Crippen molar-refractivity contribution in [1.82, 2.24) is 20.7 Å². The predicted octanol–water partition coefficient (Wildman–Crippen LogP) is 3.15. The Kier molecular flexibility index (Phi) is 11.2. The number of nitrogens with zero attached hydrogens (tertiary/aromatic N) is 1. The number of primary amides is 1. The van der Waals surface area contributed by atoms with Gasteiger partial charge in [-0.25, -0.2) is 5.43 Å². The molecule has 2 amide bonds. The number of nitrogens with two attached hydrogens (primary N) is 1. The van der Waals surface area contributed by atoms with Gasteiger partial charge in [-0.15, -0.1) is 0 Å². The van der Waals surface area contributed by atoms with E-state index in [1.807, 2.05) is 25.1 Å². The molecule has 8 heteroatoms. The van der Waals surface area contributed by atoms with Gasteiger partial charge in [0.1, 0.15) is 0 Å². The van der Waals surface area contributed by atoms with Crippen LogP contribution < -0.4 is 16.6 Å². The molecule has 36 heavy (non-hydrogen) atoms. The summed E-state index contributed by atoms with van der Waals surface area (Å²) in [5.41, 5.74) is 15.3. The summed E-state index contributed by atoms with van der Waals surface area (Å²) < 4.78 is 5.63. The Morgan fingerprint density at radius 3 is 2.67 bits per heavy atom. The monoisotopic (exact) mass is 491 g/mol. The lowest BCUT2D eigenvalue weighted by Gasteiger charge is -2.22. The number of hydrogen-bond donors (Lipinski definition) is 4. The molecule has 0 bridgehead atoms. The number of fused-ring (bicyclic) bond motifs is 1. The zero-order chi connectivity index (χ0) is 25.6. The van der Waals surface area contributed by atoms with Crippen molar-refractivity contribution in [2.75, 3.05) is 32.8 Å². The van der Waals surface area contributed by atoms with Crippen molar-refractivity contribution >= 4 is 28.8 Å². The molecule has 3 rings (SSSR count). The number of benzene rings is 2. The fourth-order valence-electron chi connectivity index (χ4n) is 3.84. The number of hydrogen-bond acceptors (Lipinski definition) is 5. The highest BCUT2D eigenvalue weighted by Gasteiger charge is 2.10. The van der Waals surface area contributed by atoms with Gasteiger partial charge in [0, 0.05) is 55.8 Å². The molecule has 5 N–H and O–H groups in total. The second kappa shape index (κ2) is 14.8. The average Bonchev–Trinajstić information content (AvgIpc) is 3.29. The van der Waals surface area contributed by atoms with E-state index in [1.54, 1.807) is 6.08 Å². The van der Waals surface area contributed by atoms with E-state index < -0.39 is 0 Å². The van der Waals surface area contributed by atoms with Gasteiger partial charge in [-0.1, -0.05) is 49.4 Å². The number of nitrogens with one attached hydrogen (secondary N) is 3. The summed E-state index contributed by atoms with van der Waals surface area (Å²) >= 11 is 0. The van der Waals surface area contributed by atoms with Crippen molar-refractivity contribution in [3.8, 4) is 0 Å². The largest absolute Gasteiger partial charge is 0.380 e. The molecule has 0 aliphatic heterocycles. The number of rotatable bonds is 16. The minimum Gasteiger partial charge on any atom is -0.380 e. The number of amides is 2. The topological polar surface area (TPSA) is 112 Å². The van der Waals surface area contributed by atoms with Crippen molar-refractivity contribution in [2.24, 2.45) is 5.73 Å². The van der Waals surface area contributed by atoms with Crippen LogP contribution in [0.4, 0.5) is 0 Å². The van der Waals surface area contributed by atoms with Crippen molar-refractivity contribution in [2.45, 2.75) is 32.7 Å². The molecule has 0 atom stereocenters. The molecule has 0 fully saturated rings. The fraction of sp³-hybridized carbons (Fsp3) is 0.357. The molecule has 0 spiro atoms. The van der Waals surface area contributed by atoms with Gasteiger partial charge in [-0.2, -0.15) is 0 Å². The molecule has 0 aliphatic carbocycles. The zero-order valence-electron chi connectivity index (χ0n) is 21.0. The molecular formula is C28H37N5O3. The van der Waals surface area contributed by atoms with Gasteiger partial charge in [-0.05, 0) is 41.7 Å². The highest BCUT2D eigenvalue weighted by atomic mass is 16.5. The van der Waals surface area contributed by atoms with Crippen LogP contribution in [-0.4, -0.2) is 54.5 Å². The maximum absolute atomic E-state index is 11.8. The molecule has 1 heterocycles. The van der Waals surface area contributed by atoms with Gasteiger partial charge in [0.2, 0.25) is 5.91 Å². The summed E-state index contributed by atoms with van der Waals surface area (Å²) in [5.74, 6) is -0.526. The van der Waals surface area contributed by atoms with Crippen molar-refractivity contribution in [3.63, 3.8) is 0 Å². The van der Waals surface area contributed by atoms with Crippen LogP contribution in [0.2, 0.25) is 0 Å². The van der Waals surface area contributed by atoms with E-state index in [0.717, 1.165) is 50.1 Å². The molecule has 0 unspecified atom stereocenters. The van der Waals surface area contributed by atoms with Crippen molar-refractivity contribution < 1.29 is 14.3 Å². The van der Waals surface area contributed by atoms with Crippen molar-refractivity contribution in [3.05, 3.63) is 77.5 Å². The van der Waals surface area contributed by atoms with Gasteiger partial charge in [0.05, 0.1) is 13.2 Å². The third kappa shape index (κ3) is 9.30. The highest BCUT2D eigenvalue weighted by molar-refractivity contribution is 5.91. The zero-order valence-corrected chi connectivity index (χ0v) is 21.0. The Morgan fingerprint density at radius 1 is 1.08 bits per heavy atom. The lowest BCUT2D eigenvalue weighted by atomic mass is 10.1. The summed E-state index contributed by atoms with van der Waals surface area (Å²) in [7, 11) is 0. The maximum atomic E-state index is 11.8. The summed E-state index contributed by atoms with van der Waals surface area (Å²) in [6.07, 6.45) is 7.50. The van der Waals surface area contributed by atoms with Crippen LogP contribution in [0.15, 0.2) is 60.8 Å². The van der Waals surface area contributed by atoms with Gasteiger partial charge < -0.3 is 15.5 Å². The summed E-state index contributed by atoms with van der Waals surface area (Å²) in [6.45, 7) is 6.03. The van der Waals surface area contributed by atoms with Crippen molar-refractivity contribution in [1.29, 1.82) is 0 Å². The van der Waals surface area contributed by atoms with E-state index in [0.29, 0.717) is 13.2 Å². The summed E-state index contributed by atoms with van der Waals surface area (Å²) in [5, 5.41) is 1.25. The molecule has 2 aromatic carbocycles. The Morgan fingerprint density at radius 2 is 1.89 bits per heavy atom. The van der Waals surface area contributed by atoms with Crippen LogP contribution in [0.25, 0.3) is 17.0 Å². The normalized spacial score (nSPS) is 11.5. The fourth-order valence-corrected chi connectivity index (χ4v) is 3.84. The van der Waals surface area contributed by atoms with Gasteiger partial charge in [0.25, 0.3) is 5.91 Å². The molecule has 3 aromatic rings. The highest BCUT2D eigenvalue weighted by Crippen LogP contribution is 2.19. The van der Waals surface area contributed by atoms with Gasteiger partial charge in [-0.3, -0.25) is 19.9 Å². The van der Waals surface area contributed by atoms with E-state index >= 15 is 0 Å². The summed E-state index contributed by atoms with van der Waals surface area (Å²) in [4.78, 5) is 28.5. The first-order valence-corrected chi connectivity index (χ1v) is 12.5. The number of para-hydroxylation sites is 1. The Bertz CT molecular complexity index is 1120. The predicted molar refractivity (Wildman–Crippen MR) is 144 cm³/mol. The maximum Gasteiger partial charge on any atom is 0.258 e. The first kappa shape index (κ1) is 27.1. The Hall–Kier alpha value is -3.46. The molecule has 0 aliphatic rings. The van der Waals surface area contributed by atoms with E-state index in [-0.39, 0.29) is 18.2 Å². The van der Waals surface area contributed by atoms with Crippen LogP contribution in [0, 0.1) is 0 Å². The molecule has 0 saturated heterocycles. The molecule has 0 radical (unpaired) electrons. The molecule has 0 saturated carbocycles. The second-order valence-electron chi connectivity index (χ2n) is 8.71. The smallest absolute Gasteiger partial charge is 0.258 e. The van der Waals surface area contributed by atoms with Crippen LogP contribution >= 0.6 is 0 Å². The first-order valence-electron chi connectivity index (χ1n) is 12.5. The Balaban J connectivity index is 1.57. The van der Waals surface area contributed by atoms with E-state index in [9.17, 15) is 9.59 Å². The van der Waals surface area contributed by atoms with Gasteiger partial charge >= 0.3 is 0 Å². The molecule has 192 valence electrons. The lowest BCUT2D eigenvalue weighted by Crippen LogP contribution is -2.36. The quantitative estimate of drug-likeness (QED) is 0.140. The number of H-pyrrole nitrogens is 1. The average molecular weight is 492 g/mol. The van der Waals surface area contributed by atoms with Crippen LogP contribution in [0.5, 0.6) is 0 Å². The number of carbonyl (C=O) groups is 2. The minimum atomic E-state index is -0.352. The number of aromatic nitrogens is 1. The number of hydrazine groups is 1. The van der Waals surface area contributed by atoms with E-state index in [1.165, 1.54) is 22.6 Å². The van der Waals surface area contributed by atoms with E-state index in [4.69, 9.17) is 10.5 Å².